The van der Waals surface area contributed by atoms with Gasteiger partial charge in [-0.1, -0.05) is 13.8 Å². The van der Waals surface area contributed by atoms with Crippen LogP contribution in [-0.4, -0.2) is 73.2 Å². The van der Waals surface area contributed by atoms with Crippen molar-refractivity contribution in [3.63, 3.8) is 0 Å². The summed E-state index contributed by atoms with van der Waals surface area (Å²) in [6.45, 7) is 8.34. The molecule has 25 heavy (non-hydrogen) atoms. The highest BCUT2D eigenvalue weighted by Gasteiger charge is 2.33. The van der Waals surface area contributed by atoms with E-state index >= 15 is 0 Å². The molecule has 0 aromatic rings. The highest BCUT2D eigenvalue weighted by atomic mass is 127. The van der Waals surface area contributed by atoms with Crippen LogP contribution in [0, 0.1) is 0 Å². The first-order valence-electron chi connectivity index (χ1n) is 9.09. The normalized spacial score (nSPS) is 23.1. The highest BCUT2D eigenvalue weighted by Crippen LogP contribution is 2.34. The van der Waals surface area contributed by atoms with Gasteiger partial charge in [-0.15, -0.1) is 24.0 Å². The second-order valence-corrected chi connectivity index (χ2v) is 8.21. The molecule has 1 amide bonds. The molecule has 0 radical (unpaired) electrons. The van der Waals surface area contributed by atoms with Crippen LogP contribution in [0.25, 0.3) is 0 Å². The van der Waals surface area contributed by atoms with Gasteiger partial charge in [0.15, 0.2) is 5.96 Å². The Kier molecular flexibility index (Phi) is 10.5. The molecular weight excluding hydrogens is 451 g/mol. The van der Waals surface area contributed by atoms with E-state index in [0.29, 0.717) is 6.42 Å². The molecule has 2 fully saturated rings. The summed E-state index contributed by atoms with van der Waals surface area (Å²) in [4.78, 5) is 18.1. The Morgan fingerprint density at radius 1 is 1.36 bits per heavy atom. The van der Waals surface area contributed by atoms with Gasteiger partial charge in [0, 0.05) is 57.1 Å². The second kappa shape index (κ2) is 11.5. The average Bonchev–Trinajstić information content (AvgIpc) is 3.07. The average molecular weight is 484 g/mol. The Bertz CT molecular complexity index is 439. The highest BCUT2D eigenvalue weighted by molar-refractivity contribution is 14.0. The molecule has 146 valence electrons. The predicted octanol–water partition coefficient (Wildman–Crippen LogP) is 2.08. The number of hydrogen-bond acceptors (Lipinski definition) is 4. The Morgan fingerprint density at radius 2 is 2.08 bits per heavy atom. The molecule has 2 rings (SSSR count). The molecule has 2 aliphatic rings. The maximum Gasteiger partial charge on any atom is 0.222 e. The molecule has 0 aromatic heterocycles. The largest absolute Gasteiger partial charge is 0.381 e. The van der Waals surface area contributed by atoms with Crippen molar-refractivity contribution in [3.8, 4) is 0 Å². The van der Waals surface area contributed by atoms with Gasteiger partial charge in [0.2, 0.25) is 5.91 Å². The third-order valence-electron chi connectivity index (χ3n) is 4.84. The number of carbonyl (C=O) groups excluding carboxylic acids is 1. The van der Waals surface area contributed by atoms with Crippen molar-refractivity contribution in [2.45, 2.75) is 50.3 Å². The maximum atomic E-state index is 11.8. The molecule has 2 aliphatic heterocycles. The van der Waals surface area contributed by atoms with Gasteiger partial charge in [0.05, 0.1) is 0 Å². The number of nitrogens with zero attached hydrogens (tertiary/aromatic N) is 2. The van der Waals surface area contributed by atoms with E-state index in [1.807, 2.05) is 30.6 Å². The topological polar surface area (TPSA) is 66.0 Å². The molecule has 0 aliphatic carbocycles. The van der Waals surface area contributed by atoms with Gasteiger partial charge in [-0.25, -0.2) is 0 Å². The van der Waals surface area contributed by atoms with E-state index in [1.165, 1.54) is 0 Å². The second-order valence-electron chi connectivity index (χ2n) is 6.48. The molecule has 8 heteroatoms. The first kappa shape index (κ1) is 22.8. The van der Waals surface area contributed by atoms with Crippen LogP contribution in [0.5, 0.6) is 0 Å². The zero-order valence-electron chi connectivity index (χ0n) is 15.7. The van der Waals surface area contributed by atoms with Gasteiger partial charge in [-0.2, -0.15) is 11.8 Å². The fourth-order valence-electron chi connectivity index (χ4n) is 3.38. The molecule has 6 nitrogen and oxygen atoms in total. The van der Waals surface area contributed by atoms with E-state index in [0.717, 1.165) is 63.8 Å². The number of guanidine groups is 1. The summed E-state index contributed by atoms with van der Waals surface area (Å²) in [7, 11) is 1.81. The van der Waals surface area contributed by atoms with Gasteiger partial charge in [-0.3, -0.25) is 9.79 Å². The predicted molar refractivity (Wildman–Crippen MR) is 116 cm³/mol. The number of halogens is 1. The van der Waals surface area contributed by atoms with Crippen molar-refractivity contribution in [1.29, 1.82) is 0 Å². The smallest absolute Gasteiger partial charge is 0.222 e. The Labute approximate surface area is 173 Å². The molecule has 0 spiro atoms. The zero-order chi connectivity index (χ0) is 17.4. The minimum absolute atomic E-state index is 0. The van der Waals surface area contributed by atoms with Crippen LogP contribution in [-0.2, 0) is 9.53 Å². The number of ether oxygens (including phenoxy) is 1. The standard InChI is InChI=1S/C17H32N4O2S.HI/c1-4-15(22)21-9-6-14(12-21)20-16(18-3)19-13-17(24-5-2)7-10-23-11-8-17;/h14H,4-13H2,1-3H3,(H2,18,19,20);1H. The number of likely N-dealkylation sites (tertiary alicyclic amines) is 1. The molecule has 2 heterocycles. The lowest BCUT2D eigenvalue weighted by atomic mass is 9.99. The molecule has 0 aromatic carbocycles. The van der Waals surface area contributed by atoms with Crippen LogP contribution in [0.1, 0.15) is 39.5 Å². The third kappa shape index (κ3) is 6.78. The minimum atomic E-state index is 0. The van der Waals surface area contributed by atoms with E-state index in [-0.39, 0.29) is 40.7 Å². The SMILES string of the molecule is CCSC1(CNC(=NC)NC2CCN(C(=O)CC)C2)CCOCC1.I. The third-order valence-corrected chi connectivity index (χ3v) is 6.29. The number of amides is 1. The van der Waals surface area contributed by atoms with Gasteiger partial charge in [0.25, 0.3) is 0 Å². The first-order valence-corrected chi connectivity index (χ1v) is 10.1. The van der Waals surface area contributed by atoms with Crippen molar-refractivity contribution in [1.82, 2.24) is 15.5 Å². The molecule has 2 saturated heterocycles. The van der Waals surface area contributed by atoms with E-state index in [2.05, 4.69) is 22.5 Å². The van der Waals surface area contributed by atoms with Crippen LogP contribution < -0.4 is 10.6 Å². The van der Waals surface area contributed by atoms with Gasteiger partial charge in [-0.05, 0) is 25.0 Å². The lowest BCUT2D eigenvalue weighted by Crippen LogP contribution is -2.50. The van der Waals surface area contributed by atoms with Crippen LogP contribution in [0.3, 0.4) is 0 Å². The molecule has 1 unspecified atom stereocenters. The Balaban J connectivity index is 0.00000312. The van der Waals surface area contributed by atoms with E-state index in [4.69, 9.17) is 4.74 Å². The van der Waals surface area contributed by atoms with E-state index in [1.54, 1.807) is 0 Å². The molecule has 1 atom stereocenters. The maximum absolute atomic E-state index is 11.8. The summed E-state index contributed by atoms with van der Waals surface area (Å²) >= 11 is 2.02. The van der Waals surface area contributed by atoms with Gasteiger partial charge in [0.1, 0.15) is 0 Å². The van der Waals surface area contributed by atoms with Gasteiger partial charge < -0.3 is 20.3 Å². The van der Waals surface area contributed by atoms with Crippen molar-refractivity contribution < 1.29 is 9.53 Å². The number of thioether (sulfide) groups is 1. The number of rotatable bonds is 6. The number of hydrogen-bond donors (Lipinski definition) is 2. The zero-order valence-corrected chi connectivity index (χ0v) is 18.8. The van der Waals surface area contributed by atoms with Crippen molar-refractivity contribution in [2.75, 3.05) is 45.6 Å². The van der Waals surface area contributed by atoms with Crippen LogP contribution in [0.4, 0.5) is 0 Å². The number of carbonyl (C=O) groups is 1. The number of aliphatic imine (C=N–C) groups is 1. The monoisotopic (exact) mass is 484 g/mol. The number of nitrogens with one attached hydrogen (secondary N) is 2. The van der Waals surface area contributed by atoms with Crippen molar-refractivity contribution in [2.24, 2.45) is 4.99 Å². The molecule has 2 N–H and O–H groups in total. The fourth-order valence-corrected chi connectivity index (χ4v) is 4.62. The minimum Gasteiger partial charge on any atom is -0.381 e. The molecule has 0 saturated carbocycles. The summed E-state index contributed by atoms with van der Waals surface area (Å²) in [6.07, 6.45) is 3.73. The van der Waals surface area contributed by atoms with Gasteiger partial charge >= 0.3 is 0 Å². The van der Waals surface area contributed by atoms with E-state index in [9.17, 15) is 4.79 Å². The lowest BCUT2D eigenvalue weighted by Gasteiger charge is -2.37. The quantitative estimate of drug-likeness (QED) is 0.344. The van der Waals surface area contributed by atoms with Crippen LogP contribution in [0.2, 0.25) is 0 Å². The Morgan fingerprint density at radius 3 is 2.68 bits per heavy atom. The first-order chi connectivity index (χ1) is 11.6. The van der Waals surface area contributed by atoms with E-state index < -0.39 is 0 Å². The molecular formula is C17H33IN4O2S. The van der Waals surface area contributed by atoms with Crippen molar-refractivity contribution >= 4 is 47.6 Å². The lowest BCUT2D eigenvalue weighted by molar-refractivity contribution is -0.129. The Hall–Kier alpha value is -0.220. The summed E-state index contributed by atoms with van der Waals surface area (Å²) < 4.78 is 5.77. The summed E-state index contributed by atoms with van der Waals surface area (Å²) in [6, 6.07) is 0.288. The summed E-state index contributed by atoms with van der Waals surface area (Å²) in [5.74, 6) is 2.20. The summed E-state index contributed by atoms with van der Waals surface area (Å²) in [5, 5.41) is 6.99. The van der Waals surface area contributed by atoms with Crippen LogP contribution in [0.15, 0.2) is 4.99 Å². The summed E-state index contributed by atoms with van der Waals surface area (Å²) in [5.41, 5.74) is 0. The van der Waals surface area contributed by atoms with Crippen molar-refractivity contribution in [3.05, 3.63) is 0 Å². The fraction of sp³-hybridized carbons (Fsp3) is 0.882. The molecule has 0 bridgehead atoms. The van der Waals surface area contributed by atoms with Crippen LogP contribution >= 0.6 is 35.7 Å².